The van der Waals surface area contributed by atoms with Gasteiger partial charge in [-0.2, -0.15) is 0 Å². The molecular formula is C23H21ClN2O5S. The quantitative estimate of drug-likeness (QED) is 0.590. The molecule has 0 spiro atoms. The van der Waals surface area contributed by atoms with Crippen LogP contribution >= 0.6 is 11.6 Å². The van der Waals surface area contributed by atoms with Crippen LogP contribution in [0.3, 0.4) is 0 Å². The molecule has 7 nitrogen and oxygen atoms in total. The lowest BCUT2D eigenvalue weighted by atomic mass is 10.2. The molecule has 1 aliphatic rings. The van der Waals surface area contributed by atoms with Crippen LogP contribution in [0.25, 0.3) is 0 Å². The first-order chi connectivity index (χ1) is 15.3. The number of hydrogen-bond acceptors (Lipinski definition) is 5. The zero-order chi connectivity index (χ0) is 22.7. The van der Waals surface area contributed by atoms with Crippen molar-refractivity contribution < 1.29 is 22.7 Å². The van der Waals surface area contributed by atoms with E-state index in [1.165, 1.54) is 31.3 Å². The molecule has 0 unspecified atom stereocenters. The highest BCUT2D eigenvalue weighted by Crippen LogP contribution is 2.30. The number of rotatable bonds is 6. The number of carbonyl (C=O) groups is 1. The normalized spacial score (nSPS) is 15.1. The molecule has 1 N–H and O–H groups in total. The van der Waals surface area contributed by atoms with Gasteiger partial charge in [0.1, 0.15) is 12.7 Å². The third-order valence-corrected chi connectivity index (χ3v) is 7.07. The molecule has 166 valence electrons. The van der Waals surface area contributed by atoms with Gasteiger partial charge in [0, 0.05) is 17.6 Å². The number of hydrogen-bond donors (Lipinski definition) is 1. The summed E-state index contributed by atoms with van der Waals surface area (Å²) in [5.41, 5.74) is 0.834. The van der Waals surface area contributed by atoms with Crippen molar-refractivity contribution in [2.45, 2.75) is 11.0 Å². The van der Waals surface area contributed by atoms with Gasteiger partial charge < -0.3 is 14.8 Å². The van der Waals surface area contributed by atoms with Crippen LogP contribution in [0.4, 0.5) is 5.69 Å². The molecule has 0 fully saturated rings. The monoisotopic (exact) mass is 472 g/mol. The number of sulfonamides is 1. The second-order valence-electron chi connectivity index (χ2n) is 7.18. The second kappa shape index (κ2) is 9.10. The number of fused-ring (bicyclic) bond motifs is 1. The van der Waals surface area contributed by atoms with E-state index in [9.17, 15) is 13.2 Å². The first-order valence-electron chi connectivity index (χ1n) is 9.86. The summed E-state index contributed by atoms with van der Waals surface area (Å²) < 4.78 is 38.2. The molecule has 0 aromatic heterocycles. The number of carbonyl (C=O) groups excluding carboxylic acids is 1. The van der Waals surface area contributed by atoms with E-state index in [-0.39, 0.29) is 23.5 Å². The summed E-state index contributed by atoms with van der Waals surface area (Å²) >= 11 is 5.84. The van der Waals surface area contributed by atoms with Crippen LogP contribution in [0.15, 0.2) is 77.7 Å². The molecule has 32 heavy (non-hydrogen) atoms. The Kier molecular flexibility index (Phi) is 6.25. The third-order valence-electron chi connectivity index (χ3n) is 5.02. The van der Waals surface area contributed by atoms with Gasteiger partial charge in [-0.05, 0) is 60.7 Å². The summed E-state index contributed by atoms with van der Waals surface area (Å²) in [5.74, 6) is 1.04. The van der Waals surface area contributed by atoms with Crippen LogP contribution in [0.2, 0.25) is 5.02 Å². The fourth-order valence-corrected chi connectivity index (χ4v) is 4.52. The van der Waals surface area contributed by atoms with E-state index in [1.807, 2.05) is 24.3 Å². The fourth-order valence-electron chi connectivity index (χ4n) is 3.20. The number of halogens is 1. The van der Waals surface area contributed by atoms with E-state index < -0.39 is 10.0 Å². The first-order valence-corrected chi connectivity index (χ1v) is 11.7. The topological polar surface area (TPSA) is 84.9 Å². The van der Waals surface area contributed by atoms with Crippen molar-refractivity contribution in [2.75, 3.05) is 24.5 Å². The SMILES string of the molecule is CN(c1ccc(C(=O)NC[C@H]2COc3ccccc3O2)cc1)S(=O)(=O)c1ccc(Cl)cc1. The first kappa shape index (κ1) is 22.0. The van der Waals surface area contributed by atoms with Crippen molar-refractivity contribution in [3.8, 4) is 11.5 Å². The molecule has 0 aliphatic carbocycles. The number of para-hydroxylation sites is 2. The van der Waals surface area contributed by atoms with E-state index in [1.54, 1.807) is 24.3 Å². The Morgan fingerprint density at radius 3 is 2.38 bits per heavy atom. The maximum absolute atomic E-state index is 12.8. The van der Waals surface area contributed by atoms with Gasteiger partial charge in [-0.25, -0.2) is 8.42 Å². The summed E-state index contributed by atoms with van der Waals surface area (Å²) in [6.45, 7) is 0.614. The van der Waals surface area contributed by atoms with Crippen LogP contribution < -0.4 is 19.1 Å². The van der Waals surface area contributed by atoms with E-state index in [2.05, 4.69) is 5.32 Å². The lowest BCUT2D eigenvalue weighted by Crippen LogP contribution is -2.40. The number of nitrogens with one attached hydrogen (secondary N) is 1. The zero-order valence-corrected chi connectivity index (χ0v) is 18.8. The maximum Gasteiger partial charge on any atom is 0.264 e. The molecular weight excluding hydrogens is 452 g/mol. The molecule has 3 aromatic rings. The Labute approximate surface area is 191 Å². The van der Waals surface area contributed by atoms with Crippen LogP contribution in [-0.4, -0.2) is 40.6 Å². The summed E-state index contributed by atoms with van der Waals surface area (Å²) in [6.07, 6.45) is -0.302. The van der Waals surface area contributed by atoms with E-state index in [0.29, 0.717) is 34.4 Å². The van der Waals surface area contributed by atoms with E-state index in [4.69, 9.17) is 21.1 Å². The van der Waals surface area contributed by atoms with Gasteiger partial charge in [0.15, 0.2) is 11.5 Å². The smallest absolute Gasteiger partial charge is 0.264 e. The van der Waals surface area contributed by atoms with Gasteiger partial charge in [-0.1, -0.05) is 23.7 Å². The van der Waals surface area contributed by atoms with Gasteiger partial charge in [-0.15, -0.1) is 0 Å². The number of amides is 1. The predicted molar refractivity (Wildman–Crippen MR) is 122 cm³/mol. The third kappa shape index (κ3) is 4.66. The largest absolute Gasteiger partial charge is 0.486 e. The van der Waals surface area contributed by atoms with Crippen molar-refractivity contribution in [2.24, 2.45) is 0 Å². The van der Waals surface area contributed by atoms with Crippen molar-refractivity contribution in [3.63, 3.8) is 0 Å². The fraction of sp³-hybridized carbons (Fsp3) is 0.174. The molecule has 1 atom stereocenters. The standard InChI is InChI=1S/C23H21ClN2O5S/c1-26(32(28,29)20-12-8-17(24)9-13-20)18-10-6-16(7-11-18)23(27)25-14-19-15-30-21-4-2-3-5-22(21)31-19/h2-13,19H,14-15H2,1H3,(H,25,27)/t19-/m0/s1. The lowest BCUT2D eigenvalue weighted by molar-refractivity contribution is 0.0789. The van der Waals surface area contributed by atoms with Crippen LogP contribution in [0.5, 0.6) is 11.5 Å². The van der Waals surface area contributed by atoms with Crippen LogP contribution in [-0.2, 0) is 10.0 Å². The molecule has 1 aliphatic heterocycles. The Morgan fingerprint density at radius 1 is 1.03 bits per heavy atom. The molecule has 0 radical (unpaired) electrons. The summed E-state index contributed by atoms with van der Waals surface area (Å²) in [6, 6.07) is 19.6. The average Bonchev–Trinajstić information content (AvgIpc) is 2.82. The Balaban J connectivity index is 1.38. The minimum atomic E-state index is -3.75. The Hall–Kier alpha value is -3.23. The zero-order valence-electron chi connectivity index (χ0n) is 17.2. The summed E-state index contributed by atoms with van der Waals surface area (Å²) in [7, 11) is -2.29. The minimum Gasteiger partial charge on any atom is -0.486 e. The average molecular weight is 473 g/mol. The highest BCUT2D eigenvalue weighted by molar-refractivity contribution is 7.92. The lowest BCUT2D eigenvalue weighted by Gasteiger charge is -2.26. The van der Waals surface area contributed by atoms with Crippen LogP contribution in [0, 0.1) is 0 Å². The molecule has 3 aromatic carbocycles. The van der Waals surface area contributed by atoms with Crippen molar-refractivity contribution in [3.05, 3.63) is 83.4 Å². The number of benzene rings is 3. The van der Waals surface area contributed by atoms with Gasteiger partial charge in [0.2, 0.25) is 0 Å². The predicted octanol–water partition coefficient (Wildman–Crippen LogP) is 3.73. The number of anilines is 1. The van der Waals surface area contributed by atoms with Gasteiger partial charge in [0.05, 0.1) is 17.1 Å². The molecule has 9 heteroatoms. The molecule has 1 heterocycles. The van der Waals surface area contributed by atoms with Gasteiger partial charge >= 0.3 is 0 Å². The molecule has 0 saturated heterocycles. The van der Waals surface area contributed by atoms with Gasteiger partial charge in [0.25, 0.3) is 15.9 Å². The van der Waals surface area contributed by atoms with Crippen molar-refractivity contribution in [1.29, 1.82) is 0 Å². The van der Waals surface area contributed by atoms with E-state index >= 15 is 0 Å². The molecule has 0 bridgehead atoms. The summed E-state index contributed by atoms with van der Waals surface area (Å²) in [5, 5.41) is 3.28. The number of nitrogens with zero attached hydrogens (tertiary/aromatic N) is 1. The van der Waals surface area contributed by atoms with Crippen molar-refractivity contribution in [1.82, 2.24) is 5.32 Å². The Bertz CT molecular complexity index is 1210. The molecule has 0 saturated carbocycles. The summed E-state index contributed by atoms with van der Waals surface area (Å²) in [4.78, 5) is 12.6. The Morgan fingerprint density at radius 2 is 1.69 bits per heavy atom. The minimum absolute atomic E-state index is 0.127. The maximum atomic E-state index is 12.8. The second-order valence-corrected chi connectivity index (χ2v) is 9.59. The van der Waals surface area contributed by atoms with Gasteiger partial charge in [-0.3, -0.25) is 9.10 Å². The molecule has 4 rings (SSSR count). The van der Waals surface area contributed by atoms with Crippen molar-refractivity contribution >= 4 is 33.2 Å². The highest BCUT2D eigenvalue weighted by atomic mass is 35.5. The number of ether oxygens (including phenoxy) is 2. The highest BCUT2D eigenvalue weighted by Gasteiger charge is 2.23. The van der Waals surface area contributed by atoms with Crippen LogP contribution in [0.1, 0.15) is 10.4 Å². The van der Waals surface area contributed by atoms with E-state index in [0.717, 1.165) is 4.31 Å². The molecule has 1 amide bonds.